The predicted molar refractivity (Wildman–Crippen MR) is 88.6 cm³/mol. The van der Waals surface area contributed by atoms with E-state index in [0.717, 1.165) is 0 Å². The second-order valence-corrected chi connectivity index (χ2v) is 6.45. The third-order valence-corrected chi connectivity index (χ3v) is 3.93. The van der Waals surface area contributed by atoms with Gasteiger partial charge in [-0.1, -0.05) is 0 Å². The number of aromatic nitrogens is 2. The van der Waals surface area contributed by atoms with Crippen LogP contribution in [0.3, 0.4) is 0 Å². The lowest BCUT2D eigenvalue weighted by atomic mass is 9.97. The van der Waals surface area contributed by atoms with Gasteiger partial charge in [0.25, 0.3) is 5.97 Å². The SMILES string of the molecule is O=C(O)CCCC(O)(O)C(O)CC(O)c1cnc(CCCC(O)(O)O)cn1. The Bertz CT molecular complexity index is 587. The average molecular weight is 390 g/mol. The number of aliphatic carboxylic acids is 1. The molecule has 27 heavy (non-hydrogen) atoms. The van der Waals surface area contributed by atoms with Crippen LogP contribution < -0.4 is 0 Å². The molecule has 2 atom stereocenters. The van der Waals surface area contributed by atoms with Crippen LogP contribution in [-0.2, 0) is 11.2 Å². The second kappa shape index (κ2) is 9.99. The van der Waals surface area contributed by atoms with E-state index in [9.17, 15) is 25.2 Å². The number of nitrogens with zero attached hydrogens (tertiary/aromatic N) is 2. The summed E-state index contributed by atoms with van der Waals surface area (Å²) in [7, 11) is 0. The molecule has 0 amide bonds. The summed E-state index contributed by atoms with van der Waals surface area (Å²) in [5, 5.41) is 74.5. The molecule has 0 aliphatic heterocycles. The number of carboxylic acids is 1. The van der Waals surface area contributed by atoms with Gasteiger partial charge in [-0.2, -0.15) is 0 Å². The van der Waals surface area contributed by atoms with E-state index in [1.807, 2.05) is 0 Å². The van der Waals surface area contributed by atoms with Gasteiger partial charge in [-0.15, -0.1) is 0 Å². The first kappa shape index (κ1) is 23.3. The van der Waals surface area contributed by atoms with Crippen molar-refractivity contribution in [3.63, 3.8) is 0 Å². The molecule has 0 saturated heterocycles. The van der Waals surface area contributed by atoms with Crippen molar-refractivity contribution < 1.29 is 45.6 Å². The number of aliphatic hydroxyl groups excluding tert-OH is 2. The number of carboxylic acid groups (broad SMARTS) is 1. The summed E-state index contributed by atoms with van der Waals surface area (Å²) in [6.45, 7) is 0. The van der Waals surface area contributed by atoms with Crippen molar-refractivity contribution in [3.05, 3.63) is 23.8 Å². The van der Waals surface area contributed by atoms with E-state index >= 15 is 0 Å². The van der Waals surface area contributed by atoms with Crippen molar-refractivity contribution in [2.45, 2.75) is 68.9 Å². The maximum absolute atomic E-state index is 10.4. The third-order valence-electron chi connectivity index (χ3n) is 3.93. The number of hydrogen-bond donors (Lipinski definition) is 8. The molecule has 11 heteroatoms. The fraction of sp³-hybridized carbons (Fsp3) is 0.688. The van der Waals surface area contributed by atoms with Crippen molar-refractivity contribution in [2.75, 3.05) is 0 Å². The molecule has 0 bridgehead atoms. The zero-order valence-electron chi connectivity index (χ0n) is 14.6. The highest BCUT2D eigenvalue weighted by molar-refractivity contribution is 5.66. The third kappa shape index (κ3) is 9.15. The van der Waals surface area contributed by atoms with Gasteiger partial charge in [0.05, 0.1) is 17.6 Å². The van der Waals surface area contributed by atoms with Crippen molar-refractivity contribution in [3.8, 4) is 0 Å². The van der Waals surface area contributed by atoms with Gasteiger partial charge in [0.15, 0.2) is 5.79 Å². The Labute approximate surface area is 155 Å². The summed E-state index contributed by atoms with van der Waals surface area (Å²) in [6, 6.07) is 0. The first-order chi connectivity index (χ1) is 12.4. The zero-order valence-corrected chi connectivity index (χ0v) is 14.6. The molecule has 0 radical (unpaired) electrons. The molecule has 8 N–H and O–H groups in total. The summed E-state index contributed by atoms with van der Waals surface area (Å²) < 4.78 is 0. The van der Waals surface area contributed by atoms with Crippen LogP contribution in [0.1, 0.15) is 56.0 Å². The largest absolute Gasteiger partial charge is 0.481 e. The van der Waals surface area contributed by atoms with Crippen LogP contribution >= 0.6 is 0 Å². The predicted octanol–water partition coefficient (Wildman–Crippen LogP) is -1.85. The Morgan fingerprint density at radius 3 is 2.19 bits per heavy atom. The van der Waals surface area contributed by atoms with Crippen LogP contribution in [0.25, 0.3) is 0 Å². The summed E-state index contributed by atoms with van der Waals surface area (Å²) >= 11 is 0. The second-order valence-electron chi connectivity index (χ2n) is 6.45. The van der Waals surface area contributed by atoms with Gasteiger partial charge in [0.2, 0.25) is 0 Å². The lowest BCUT2D eigenvalue weighted by Crippen LogP contribution is -2.43. The molecule has 0 aliphatic rings. The molecular weight excluding hydrogens is 364 g/mol. The van der Waals surface area contributed by atoms with Gasteiger partial charge in [0, 0.05) is 31.9 Å². The molecular formula is C16H26N2O9. The first-order valence-electron chi connectivity index (χ1n) is 8.41. The van der Waals surface area contributed by atoms with Crippen LogP contribution in [0.4, 0.5) is 0 Å². The monoisotopic (exact) mass is 390 g/mol. The summed E-state index contributed by atoms with van der Waals surface area (Å²) in [5.74, 6) is -6.39. The fourth-order valence-electron chi connectivity index (χ4n) is 2.36. The Morgan fingerprint density at radius 1 is 1.00 bits per heavy atom. The summed E-state index contributed by atoms with van der Waals surface area (Å²) in [5.41, 5.74) is 0.558. The Hall–Kier alpha value is -1.73. The van der Waals surface area contributed by atoms with Crippen molar-refractivity contribution in [1.29, 1.82) is 0 Å². The van der Waals surface area contributed by atoms with E-state index < -0.39 is 36.4 Å². The van der Waals surface area contributed by atoms with Gasteiger partial charge in [-0.3, -0.25) is 14.8 Å². The standard InChI is InChI=1S/C16H26N2O9/c19-12(7-13(20)15(23,24)5-2-4-14(21)22)11-9-17-10(8-18-11)3-1-6-16(25,26)27/h8-9,12-13,19-20,23-27H,1-7H2,(H,21,22). The Morgan fingerprint density at radius 2 is 1.67 bits per heavy atom. The van der Waals surface area contributed by atoms with Gasteiger partial charge < -0.3 is 40.9 Å². The van der Waals surface area contributed by atoms with Gasteiger partial charge in [0.1, 0.15) is 12.2 Å². The molecule has 11 nitrogen and oxygen atoms in total. The van der Waals surface area contributed by atoms with E-state index in [1.54, 1.807) is 0 Å². The molecule has 2 unspecified atom stereocenters. The lowest BCUT2D eigenvalue weighted by molar-refractivity contribution is -0.314. The molecule has 0 spiro atoms. The number of aryl methyl sites for hydroxylation is 1. The topological polar surface area (TPSA) is 205 Å². The van der Waals surface area contributed by atoms with E-state index in [2.05, 4.69) is 9.97 Å². The summed E-state index contributed by atoms with van der Waals surface area (Å²) in [4.78, 5) is 18.4. The van der Waals surface area contributed by atoms with Gasteiger partial charge in [-0.05, 0) is 19.3 Å². The van der Waals surface area contributed by atoms with E-state index in [1.165, 1.54) is 12.4 Å². The lowest BCUT2D eigenvalue weighted by Gasteiger charge is -2.28. The Balaban J connectivity index is 2.53. The van der Waals surface area contributed by atoms with Crippen LogP contribution in [0.2, 0.25) is 0 Å². The van der Waals surface area contributed by atoms with Crippen molar-refractivity contribution in [1.82, 2.24) is 9.97 Å². The molecule has 1 heterocycles. The first-order valence-corrected chi connectivity index (χ1v) is 8.41. The molecule has 1 aromatic heterocycles. The molecule has 1 rings (SSSR count). The van der Waals surface area contributed by atoms with Crippen LogP contribution in [-0.4, -0.2) is 74.7 Å². The maximum atomic E-state index is 10.4. The minimum absolute atomic E-state index is 0.0548. The normalized spacial score (nSPS) is 14.8. The maximum Gasteiger partial charge on any atom is 0.303 e. The smallest absolute Gasteiger partial charge is 0.303 e. The van der Waals surface area contributed by atoms with Gasteiger partial charge >= 0.3 is 5.97 Å². The number of hydrogen-bond acceptors (Lipinski definition) is 10. The number of rotatable bonds is 12. The highest BCUT2D eigenvalue weighted by Gasteiger charge is 2.34. The zero-order chi connectivity index (χ0) is 20.7. The molecule has 1 aromatic rings. The fourth-order valence-corrected chi connectivity index (χ4v) is 2.36. The molecule has 0 aromatic carbocycles. The van der Waals surface area contributed by atoms with Crippen LogP contribution in [0.5, 0.6) is 0 Å². The molecule has 154 valence electrons. The Kier molecular flexibility index (Phi) is 8.62. The van der Waals surface area contributed by atoms with Crippen molar-refractivity contribution >= 4 is 5.97 Å². The van der Waals surface area contributed by atoms with E-state index in [-0.39, 0.29) is 37.8 Å². The van der Waals surface area contributed by atoms with E-state index in [4.69, 9.17) is 20.4 Å². The highest BCUT2D eigenvalue weighted by atomic mass is 16.7. The van der Waals surface area contributed by atoms with Crippen LogP contribution in [0, 0.1) is 0 Å². The molecule has 0 aliphatic carbocycles. The number of aliphatic hydroxyl groups is 7. The van der Waals surface area contributed by atoms with E-state index in [0.29, 0.717) is 12.1 Å². The van der Waals surface area contributed by atoms with Crippen molar-refractivity contribution in [2.24, 2.45) is 0 Å². The van der Waals surface area contributed by atoms with Gasteiger partial charge in [-0.25, -0.2) is 0 Å². The van der Waals surface area contributed by atoms with Crippen LogP contribution in [0.15, 0.2) is 12.4 Å². The minimum Gasteiger partial charge on any atom is -0.481 e. The molecule has 0 saturated carbocycles. The molecule has 0 fully saturated rings. The summed E-state index contributed by atoms with van der Waals surface area (Å²) in [6.07, 6.45) is -1.40. The highest BCUT2D eigenvalue weighted by Crippen LogP contribution is 2.24. The minimum atomic E-state index is -2.74. The average Bonchev–Trinajstić information content (AvgIpc) is 2.53. The number of carbonyl (C=O) groups is 1. The quantitative estimate of drug-likeness (QED) is 0.186.